The Kier molecular flexibility index (Phi) is 3.87. The second-order valence-corrected chi connectivity index (χ2v) is 6.21. The Bertz CT molecular complexity index is 768. The third kappa shape index (κ3) is 2.76. The van der Waals surface area contributed by atoms with Gasteiger partial charge in [-0.2, -0.15) is 5.10 Å². The summed E-state index contributed by atoms with van der Waals surface area (Å²) in [5.41, 5.74) is 3.30. The lowest BCUT2D eigenvalue weighted by atomic mass is 10.2. The van der Waals surface area contributed by atoms with Crippen LogP contribution in [0.3, 0.4) is 0 Å². The molecule has 0 aliphatic carbocycles. The van der Waals surface area contributed by atoms with Gasteiger partial charge >= 0.3 is 0 Å². The summed E-state index contributed by atoms with van der Waals surface area (Å²) in [6.07, 6.45) is 3.52. The van der Waals surface area contributed by atoms with Crippen LogP contribution in [0.5, 0.6) is 0 Å². The Morgan fingerprint density at radius 1 is 1.38 bits per heavy atom. The molecule has 0 saturated carbocycles. The van der Waals surface area contributed by atoms with Crippen LogP contribution < -0.4 is 4.31 Å². The van der Waals surface area contributed by atoms with Crippen molar-refractivity contribution in [3.63, 3.8) is 0 Å². The predicted molar refractivity (Wildman–Crippen MR) is 86.0 cm³/mol. The highest BCUT2D eigenvalue weighted by molar-refractivity contribution is 7.81. The lowest BCUT2D eigenvalue weighted by Crippen LogP contribution is -2.19. The molecule has 7 heteroatoms. The second kappa shape index (κ2) is 5.80. The van der Waals surface area contributed by atoms with Crippen LogP contribution in [-0.2, 0) is 11.3 Å². The number of hydrogen-bond acceptors (Lipinski definition) is 3. The summed E-state index contributed by atoms with van der Waals surface area (Å²) in [4.78, 5) is 0.989. The van der Waals surface area contributed by atoms with E-state index in [1.807, 2.05) is 42.6 Å². The summed E-state index contributed by atoms with van der Waals surface area (Å²) in [5.74, 6) is 0. The van der Waals surface area contributed by atoms with Crippen molar-refractivity contribution in [2.75, 3.05) is 4.31 Å². The normalized spacial score (nSPS) is 12.3. The third-order valence-corrected chi connectivity index (χ3v) is 4.78. The number of nitrogens with one attached hydrogen (secondary N) is 1. The summed E-state index contributed by atoms with van der Waals surface area (Å²) in [7, 11) is 0. The van der Waals surface area contributed by atoms with Crippen LogP contribution in [0.1, 0.15) is 5.56 Å². The monoisotopic (exact) mass is 319 g/mol. The SMILES string of the molecule is Cc1ccccc1N(c1csc(-c2cn[nH]c2)c1)S(=O)O. The first kappa shape index (κ1) is 14.0. The third-order valence-electron chi connectivity index (χ3n) is 3.09. The minimum absolute atomic E-state index is 0.686. The maximum absolute atomic E-state index is 11.8. The average Bonchev–Trinajstić information content (AvgIpc) is 3.11. The van der Waals surface area contributed by atoms with Gasteiger partial charge in [-0.15, -0.1) is 11.3 Å². The molecule has 0 saturated heterocycles. The van der Waals surface area contributed by atoms with E-state index in [0.717, 1.165) is 21.7 Å². The Balaban J connectivity index is 2.03. The van der Waals surface area contributed by atoms with E-state index in [-0.39, 0.29) is 0 Å². The van der Waals surface area contributed by atoms with Crippen molar-refractivity contribution >= 4 is 34.0 Å². The smallest absolute Gasteiger partial charge is 0.266 e. The van der Waals surface area contributed by atoms with E-state index >= 15 is 0 Å². The number of hydrogen-bond donors (Lipinski definition) is 2. The maximum Gasteiger partial charge on any atom is 0.266 e. The molecule has 0 aliphatic rings. The number of aromatic nitrogens is 2. The number of rotatable bonds is 4. The van der Waals surface area contributed by atoms with Crippen molar-refractivity contribution in [3.05, 3.63) is 53.7 Å². The van der Waals surface area contributed by atoms with Gasteiger partial charge in [0.25, 0.3) is 11.3 Å². The van der Waals surface area contributed by atoms with Gasteiger partial charge in [0.2, 0.25) is 0 Å². The summed E-state index contributed by atoms with van der Waals surface area (Å²) in [6, 6.07) is 9.39. The first-order valence-electron chi connectivity index (χ1n) is 6.21. The van der Waals surface area contributed by atoms with Crippen LogP contribution >= 0.6 is 11.3 Å². The number of thiophene rings is 1. The number of H-pyrrole nitrogens is 1. The maximum atomic E-state index is 11.8. The summed E-state index contributed by atoms with van der Waals surface area (Å²) >= 11 is -0.626. The van der Waals surface area contributed by atoms with E-state index in [0.29, 0.717) is 5.69 Å². The van der Waals surface area contributed by atoms with E-state index in [1.54, 1.807) is 12.4 Å². The van der Waals surface area contributed by atoms with Crippen LogP contribution in [0.2, 0.25) is 0 Å². The van der Waals surface area contributed by atoms with Crippen molar-refractivity contribution in [1.82, 2.24) is 10.2 Å². The van der Waals surface area contributed by atoms with Gasteiger partial charge < -0.3 is 0 Å². The highest BCUT2D eigenvalue weighted by atomic mass is 32.2. The van der Waals surface area contributed by atoms with Gasteiger partial charge in [0.05, 0.1) is 17.6 Å². The minimum atomic E-state index is -2.13. The van der Waals surface area contributed by atoms with Gasteiger partial charge in [-0.05, 0) is 24.6 Å². The number of aryl methyl sites for hydroxylation is 1. The minimum Gasteiger partial charge on any atom is -0.289 e. The Labute approximate surface area is 128 Å². The number of para-hydroxylation sites is 1. The molecule has 1 atom stereocenters. The molecule has 21 heavy (non-hydrogen) atoms. The fourth-order valence-corrected chi connectivity index (χ4v) is 3.66. The van der Waals surface area contributed by atoms with Crippen LogP contribution in [0, 0.1) is 6.92 Å². The highest BCUT2D eigenvalue weighted by Gasteiger charge is 2.18. The number of benzene rings is 1. The molecule has 1 aromatic carbocycles. The average molecular weight is 319 g/mol. The van der Waals surface area contributed by atoms with Crippen molar-refractivity contribution in [2.24, 2.45) is 0 Å². The Morgan fingerprint density at radius 2 is 2.19 bits per heavy atom. The zero-order chi connectivity index (χ0) is 14.8. The van der Waals surface area contributed by atoms with Crippen molar-refractivity contribution in [3.8, 4) is 10.4 Å². The van der Waals surface area contributed by atoms with Gasteiger partial charge in [0.15, 0.2) is 0 Å². The van der Waals surface area contributed by atoms with Crippen molar-refractivity contribution in [1.29, 1.82) is 0 Å². The van der Waals surface area contributed by atoms with Gasteiger partial charge in [0.1, 0.15) is 0 Å². The molecule has 0 radical (unpaired) electrons. The molecule has 0 bridgehead atoms. The zero-order valence-corrected chi connectivity index (χ0v) is 12.8. The molecule has 3 rings (SSSR count). The van der Waals surface area contributed by atoms with Crippen molar-refractivity contribution < 1.29 is 8.76 Å². The van der Waals surface area contributed by atoms with Crippen LogP contribution in [0.15, 0.2) is 48.1 Å². The summed E-state index contributed by atoms with van der Waals surface area (Å²) < 4.78 is 22.9. The van der Waals surface area contributed by atoms with E-state index < -0.39 is 11.3 Å². The lowest BCUT2D eigenvalue weighted by molar-refractivity contribution is 0.564. The van der Waals surface area contributed by atoms with E-state index in [4.69, 9.17) is 0 Å². The van der Waals surface area contributed by atoms with E-state index in [1.165, 1.54) is 15.6 Å². The lowest BCUT2D eigenvalue weighted by Gasteiger charge is -2.20. The molecule has 0 fully saturated rings. The fourth-order valence-electron chi connectivity index (χ4n) is 2.07. The van der Waals surface area contributed by atoms with Gasteiger partial charge in [-0.1, -0.05) is 18.2 Å². The number of aromatic amines is 1. The van der Waals surface area contributed by atoms with Crippen LogP contribution in [0.25, 0.3) is 10.4 Å². The van der Waals surface area contributed by atoms with Crippen LogP contribution in [-0.4, -0.2) is 19.0 Å². The number of nitrogens with zero attached hydrogens (tertiary/aromatic N) is 2. The predicted octanol–water partition coefficient (Wildman–Crippen LogP) is 3.72. The molecule has 0 aliphatic heterocycles. The molecule has 108 valence electrons. The molecule has 0 spiro atoms. The zero-order valence-electron chi connectivity index (χ0n) is 11.2. The molecule has 2 N–H and O–H groups in total. The second-order valence-electron chi connectivity index (χ2n) is 4.47. The molecule has 2 aromatic heterocycles. The topological polar surface area (TPSA) is 69.2 Å². The first-order valence-corrected chi connectivity index (χ1v) is 8.15. The highest BCUT2D eigenvalue weighted by Crippen LogP contribution is 2.36. The van der Waals surface area contributed by atoms with E-state index in [9.17, 15) is 8.76 Å². The summed E-state index contributed by atoms with van der Waals surface area (Å²) in [6.45, 7) is 1.92. The fraction of sp³-hybridized carbons (Fsp3) is 0.0714. The van der Waals surface area contributed by atoms with E-state index in [2.05, 4.69) is 10.2 Å². The standard InChI is InChI=1S/C14H13N3O2S2/c1-10-4-2-3-5-13(10)17(21(18)19)12-6-14(20-9-12)11-7-15-16-8-11/h2-9H,1H3,(H,15,16)(H,18,19). The molecular weight excluding hydrogens is 306 g/mol. The molecule has 1 unspecified atom stereocenters. The Hall–Kier alpha value is -1.96. The molecule has 0 amide bonds. The van der Waals surface area contributed by atoms with Gasteiger partial charge in [-0.25, -0.2) is 8.51 Å². The molecule has 3 aromatic rings. The largest absolute Gasteiger partial charge is 0.289 e. The van der Waals surface area contributed by atoms with Gasteiger partial charge in [0, 0.05) is 22.0 Å². The quantitative estimate of drug-likeness (QED) is 0.720. The molecular formula is C14H13N3O2S2. The molecule has 5 nitrogen and oxygen atoms in total. The molecule has 2 heterocycles. The first-order chi connectivity index (χ1) is 10.2. The Morgan fingerprint density at radius 3 is 2.86 bits per heavy atom. The van der Waals surface area contributed by atoms with Crippen molar-refractivity contribution in [2.45, 2.75) is 6.92 Å². The van der Waals surface area contributed by atoms with Gasteiger partial charge in [-0.3, -0.25) is 9.65 Å². The number of anilines is 2. The van der Waals surface area contributed by atoms with Crippen LogP contribution in [0.4, 0.5) is 11.4 Å². The summed E-state index contributed by atoms with van der Waals surface area (Å²) in [5, 5.41) is 8.55.